The molecule has 0 N–H and O–H groups in total. The van der Waals surface area contributed by atoms with Gasteiger partial charge in [-0.25, -0.2) is 4.39 Å². The number of hydrogen-bond acceptors (Lipinski definition) is 4. The van der Waals surface area contributed by atoms with Gasteiger partial charge in [-0.15, -0.1) is 0 Å². The molecule has 152 valence electrons. The van der Waals surface area contributed by atoms with Crippen molar-refractivity contribution in [1.82, 2.24) is 9.80 Å². The quantitative estimate of drug-likeness (QED) is 0.554. The molecule has 1 aromatic rings. The minimum Gasteiger partial charge on any atom is -0.461 e. The van der Waals surface area contributed by atoms with E-state index in [2.05, 4.69) is 17.1 Å². The molecule has 1 saturated carbocycles. The van der Waals surface area contributed by atoms with E-state index in [0.717, 1.165) is 32.4 Å². The number of halogens is 1. The fourth-order valence-electron chi connectivity index (χ4n) is 4.34. The van der Waals surface area contributed by atoms with Gasteiger partial charge in [0.15, 0.2) is 0 Å². The van der Waals surface area contributed by atoms with Gasteiger partial charge in [0.25, 0.3) is 5.91 Å². The van der Waals surface area contributed by atoms with Crippen LogP contribution in [0.15, 0.2) is 36.4 Å². The Labute approximate surface area is 166 Å². The average Bonchev–Trinajstić information content (AvgIpc) is 3.23. The van der Waals surface area contributed by atoms with E-state index >= 15 is 0 Å². The Kier molecular flexibility index (Phi) is 6.83. The minimum absolute atomic E-state index is 0.0383. The summed E-state index contributed by atoms with van der Waals surface area (Å²) >= 11 is 0. The maximum atomic E-state index is 13.3. The first-order valence-electron chi connectivity index (χ1n) is 10.2. The highest BCUT2D eigenvalue weighted by Gasteiger charge is 2.43. The summed E-state index contributed by atoms with van der Waals surface area (Å²) < 4.78 is 19.1. The molecule has 1 fully saturated rings. The predicted molar refractivity (Wildman–Crippen MR) is 105 cm³/mol. The molecule has 3 atom stereocenters. The third-order valence-corrected chi connectivity index (χ3v) is 5.70. The van der Waals surface area contributed by atoms with E-state index in [0.29, 0.717) is 18.5 Å². The Bertz CT molecular complexity index is 711. The van der Waals surface area contributed by atoms with Crippen LogP contribution in [0.2, 0.25) is 0 Å². The maximum Gasteiger partial charge on any atom is 0.305 e. The maximum absolute atomic E-state index is 13.3. The van der Waals surface area contributed by atoms with Crippen molar-refractivity contribution in [3.8, 4) is 0 Å². The van der Waals surface area contributed by atoms with Crippen molar-refractivity contribution in [2.45, 2.75) is 57.7 Å². The standard InChI is InChI=1S/C22H29FN2O3/c1-3-20(26)28-19-9-7-8-18(21(19)24-14-5-6-15-24)25(4-2)22(27)16-10-12-17(23)13-11-16/h5-6,10-13,18-19,21H,3-4,7-9,14-15H2,1-2H3. The summed E-state index contributed by atoms with van der Waals surface area (Å²) in [4.78, 5) is 29.3. The van der Waals surface area contributed by atoms with E-state index in [1.54, 1.807) is 6.92 Å². The van der Waals surface area contributed by atoms with Crippen LogP contribution in [0.5, 0.6) is 0 Å². The Balaban J connectivity index is 1.87. The van der Waals surface area contributed by atoms with Gasteiger partial charge in [0.2, 0.25) is 0 Å². The third kappa shape index (κ3) is 4.43. The molecule has 1 aliphatic carbocycles. The topological polar surface area (TPSA) is 49.9 Å². The van der Waals surface area contributed by atoms with E-state index in [-0.39, 0.29) is 35.9 Å². The van der Waals surface area contributed by atoms with Crippen LogP contribution in [0.25, 0.3) is 0 Å². The molecule has 1 aliphatic heterocycles. The van der Waals surface area contributed by atoms with Crippen LogP contribution in [0.4, 0.5) is 4.39 Å². The van der Waals surface area contributed by atoms with Gasteiger partial charge in [0.1, 0.15) is 11.9 Å². The summed E-state index contributed by atoms with van der Waals surface area (Å²) in [5.41, 5.74) is 0.481. The molecule has 1 amide bonds. The predicted octanol–water partition coefficient (Wildman–Crippen LogP) is 3.40. The Hall–Kier alpha value is -2.21. The van der Waals surface area contributed by atoms with E-state index in [4.69, 9.17) is 4.74 Å². The lowest BCUT2D eigenvalue weighted by molar-refractivity contribution is -0.156. The number of ether oxygens (including phenoxy) is 1. The second-order valence-electron chi connectivity index (χ2n) is 7.39. The van der Waals surface area contributed by atoms with Gasteiger partial charge in [0.05, 0.1) is 12.1 Å². The lowest BCUT2D eigenvalue weighted by Gasteiger charge is -2.47. The van der Waals surface area contributed by atoms with E-state index < -0.39 is 0 Å². The zero-order valence-corrected chi connectivity index (χ0v) is 16.6. The molecule has 3 rings (SSSR count). The number of carbonyl (C=O) groups is 2. The second kappa shape index (κ2) is 9.32. The normalized spacial score (nSPS) is 24.9. The zero-order chi connectivity index (χ0) is 20.1. The van der Waals surface area contributed by atoms with Crippen LogP contribution >= 0.6 is 0 Å². The molecule has 1 heterocycles. The van der Waals surface area contributed by atoms with Gasteiger partial charge in [-0.1, -0.05) is 19.1 Å². The number of esters is 1. The molecule has 3 unspecified atom stereocenters. The highest BCUT2D eigenvalue weighted by Crippen LogP contribution is 2.32. The number of amides is 1. The first kappa shape index (κ1) is 20.5. The SMILES string of the molecule is CCC(=O)OC1CCCC(N(CC)C(=O)c2ccc(F)cc2)C1N1CC=CC1. The smallest absolute Gasteiger partial charge is 0.305 e. The van der Waals surface area contributed by atoms with Crippen molar-refractivity contribution in [2.24, 2.45) is 0 Å². The molecule has 0 aromatic heterocycles. The van der Waals surface area contributed by atoms with Gasteiger partial charge in [-0.3, -0.25) is 14.5 Å². The lowest BCUT2D eigenvalue weighted by Crippen LogP contribution is -2.60. The van der Waals surface area contributed by atoms with Crippen molar-refractivity contribution >= 4 is 11.9 Å². The van der Waals surface area contributed by atoms with Gasteiger partial charge in [-0.05, 0) is 50.5 Å². The number of carbonyl (C=O) groups excluding carboxylic acids is 2. The summed E-state index contributed by atoms with van der Waals surface area (Å²) in [6, 6.07) is 5.61. The van der Waals surface area contributed by atoms with Crippen LogP contribution in [-0.4, -0.2) is 59.5 Å². The van der Waals surface area contributed by atoms with E-state index in [1.165, 1.54) is 24.3 Å². The van der Waals surface area contributed by atoms with Crippen LogP contribution in [-0.2, 0) is 9.53 Å². The molecule has 5 nitrogen and oxygen atoms in total. The zero-order valence-electron chi connectivity index (χ0n) is 16.6. The van der Waals surface area contributed by atoms with Crippen molar-refractivity contribution in [3.63, 3.8) is 0 Å². The highest BCUT2D eigenvalue weighted by molar-refractivity contribution is 5.94. The monoisotopic (exact) mass is 388 g/mol. The second-order valence-corrected chi connectivity index (χ2v) is 7.39. The molecule has 6 heteroatoms. The van der Waals surface area contributed by atoms with Crippen LogP contribution in [0.1, 0.15) is 49.9 Å². The van der Waals surface area contributed by atoms with Gasteiger partial charge in [0, 0.05) is 31.6 Å². The molecule has 0 bridgehead atoms. The Morgan fingerprint density at radius 1 is 1.14 bits per heavy atom. The summed E-state index contributed by atoms with van der Waals surface area (Å²) in [7, 11) is 0. The molecule has 28 heavy (non-hydrogen) atoms. The molecule has 2 aliphatic rings. The molecule has 0 saturated heterocycles. The minimum atomic E-state index is -0.357. The van der Waals surface area contributed by atoms with Crippen molar-refractivity contribution in [2.75, 3.05) is 19.6 Å². The van der Waals surface area contributed by atoms with Crippen molar-refractivity contribution < 1.29 is 18.7 Å². The Morgan fingerprint density at radius 2 is 1.82 bits per heavy atom. The van der Waals surface area contributed by atoms with Crippen LogP contribution < -0.4 is 0 Å². The number of hydrogen-bond donors (Lipinski definition) is 0. The lowest BCUT2D eigenvalue weighted by atomic mass is 9.85. The number of rotatable bonds is 6. The van der Waals surface area contributed by atoms with E-state index in [9.17, 15) is 14.0 Å². The third-order valence-electron chi connectivity index (χ3n) is 5.70. The molecule has 1 aromatic carbocycles. The average molecular weight is 388 g/mol. The fourth-order valence-corrected chi connectivity index (χ4v) is 4.34. The van der Waals surface area contributed by atoms with Crippen LogP contribution in [0, 0.1) is 5.82 Å². The molecular formula is C22H29FN2O3. The summed E-state index contributed by atoms with van der Waals surface area (Å²) in [6.45, 7) is 5.90. The highest BCUT2D eigenvalue weighted by atomic mass is 19.1. The van der Waals surface area contributed by atoms with Gasteiger partial charge >= 0.3 is 5.97 Å². The molecular weight excluding hydrogens is 359 g/mol. The number of benzene rings is 1. The van der Waals surface area contributed by atoms with E-state index in [1.807, 2.05) is 11.8 Å². The van der Waals surface area contributed by atoms with Crippen molar-refractivity contribution in [3.05, 3.63) is 47.8 Å². The largest absolute Gasteiger partial charge is 0.461 e. The first-order chi connectivity index (χ1) is 13.5. The van der Waals surface area contributed by atoms with Gasteiger partial charge in [-0.2, -0.15) is 0 Å². The first-order valence-corrected chi connectivity index (χ1v) is 10.2. The summed E-state index contributed by atoms with van der Waals surface area (Å²) in [6.07, 6.45) is 6.93. The number of nitrogens with zero attached hydrogens (tertiary/aromatic N) is 2. The van der Waals surface area contributed by atoms with Gasteiger partial charge < -0.3 is 9.64 Å². The summed E-state index contributed by atoms with van der Waals surface area (Å²) in [5.74, 6) is -0.660. The Morgan fingerprint density at radius 3 is 2.43 bits per heavy atom. The van der Waals surface area contributed by atoms with Crippen molar-refractivity contribution in [1.29, 1.82) is 0 Å². The summed E-state index contributed by atoms with van der Waals surface area (Å²) in [5, 5.41) is 0. The molecule has 0 radical (unpaired) electrons. The number of likely N-dealkylation sites (N-methyl/N-ethyl adjacent to an activating group) is 1. The van der Waals surface area contributed by atoms with Crippen LogP contribution in [0.3, 0.4) is 0 Å². The fraction of sp³-hybridized carbons (Fsp3) is 0.545. The molecule has 0 spiro atoms.